The summed E-state index contributed by atoms with van der Waals surface area (Å²) in [6.07, 6.45) is 2.17. The Bertz CT molecular complexity index is 902. The summed E-state index contributed by atoms with van der Waals surface area (Å²) in [7, 11) is 1.37. The normalized spacial score (nSPS) is 12.7. The lowest BCUT2D eigenvalue weighted by molar-refractivity contribution is -0.117. The molecule has 1 heterocycles. The fourth-order valence-electron chi connectivity index (χ4n) is 2.78. The summed E-state index contributed by atoms with van der Waals surface area (Å²) in [6.45, 7) is -2.47. The van der Waals surface area contributed by atoms with E-state index in [2.05, 4.69) is 10.1 Å². The van der Waals surface area contributed by atoms with E-state index in [-0.39, 0.29) is 24.0 Å². The monoisotopic (exact) mass is 409 g/mol. The van der Waals surface area contributed by atoms with Crippen molar-refractivity contribution in [3.8, 4) is 17.2 Å². The van der Waals surface area contributed by atoms with Gasteiger partial charge in [0, 0.05) is 17.1 Å². The summed E-state index contributed by atoms with van der Waals surface area (Å²) in [5.74, 6) is 0.585. The molecule has 0 fully saturated rings. The Morgan fingerprint density at radius 2 is 2.07 bits per heavy atom. The summed E-state index contributed by atoms with van der Waals surface area (Å²) < 4.78 is 40.0. The third-order valence-electron chi connectivity index (χ3n) is 4.12. The molecule has 0 unspecified atom stereocenters. The smallest absolute Gasteiger partial charge is 0.387 e. The van der Waals surface area contributed by atoms with Crippen LogP contribution in [-0.2, 0) is 11.2 Å². The van der Waals surface area contributed by atoms with E-state index in [0.717, 1.165) is 11.1 Å². The molecule has 1 amide bonds. The molecule has 0 atom stereocenters. The molecule has 28 heavy (non-hydrogen) atoms. The number of carbonyl (C=O) groups is 1. The first-order valence-corrected chi connectivity index (χ1v) is 8.87. The van der Waals surface area contributed by atoms with E-state index in [9.17, 15) is 13.6 Å². The molecule has 3 rings (SSSR count). The Balaban J connectivity index is 1.60. The van der Waals surface area contributed by atoms with E-state index in [4.69, 9.17) is 21.1 Å². The largest absolute Gasteiger partial charge is 0.493 e. The Morgan fingerprint density at radius 3 is 2.82 bits per heavy atom. The van der Waals surface area contributed by atoms with Crippen LogP contribution in [0, 0.1) is 0 Å². The molecule has 0 radical (unpaired) electrons. The number of alkyl halides is 2. The number of carbonyl (C=O) groups excluding carboxylic acids is 1. The number of amides is 1. The van der Waals surface area contributed by atoms with Gasteiger partial charge in [-0.15, -0.1) is 0 Å². The van der Waals surface area contributed by atoms with Gasteiger partial charge >= 0.3 is 6.61 Å². The van der Waals surface area contributed by atoms with Crippen molar-refractivity contribution in [3.63, 3.8) is 0 Å². The predicted molar refractivity (Wildman–Crippen MR) is 101 cm³/mol. The number of hydrogen-bond acceptors (Lipinski definition) is 4. The van der Waals surface area contributed by atoms with Crippen molar-refractivity contribution in [2.75, 3.05) is 20.3 Å². The zero-order valence-electron chi connectivity index (χ0n) is 15.0. The molecule has 8 heteroatoms. The summed E-state index contributed by atoms with van der Waals surface area (Å²) in [6, 6.07) is 9.95. The van der Waals surface area contributed by atoms with Crippen LogP contribution in [0.2, 0.25) is 5.02 Å². The second kappa shape index (κ2) is 8.93. The van der Waals surface area contributed by atoms with Crippen molar-refractivity contribution < 1.29 is 27.8 Å². The summed E-state index contributed by atoms with van der Waals surface area (Å²) in [5.41, 5.74) is 1.95. The van der Waals surface area contributed by atoms with Crippen molar-refractivity contribution in [2.45, 2.75) is 13.0 Å². The second-order valence-corrected chi connectivity index (χ2v) is 6.45. The molecule has 1 aliphatic rings. The van der Waals surface area contributed by atoms with Crippen LogP contribution in [0.5, 0.6) is 17.2 Å². The van der Waals surface area contributed by atoms with Crippen LogP contribution in [0.25, 0.3) is 6.08 Å². The summed E-state index contributed by atoms with van der Waals surface area (Å²) in [4.78, 5) is 12.4. The van der Waals surface area contributed by atoms with Crippen molar-refractivity contribution in [2.24, 2.45) is 0 Å². The SMILES string of the molecule is COc1ccc(CCNC(=O)C2=Cc3cc(Cl)ccc3OC2)cc1OC(F)F. The van der Waals surface area contributed by atoms with Gasteiger partial charge in [-0.1, -0.05) is 17.7 Å². The number of nitrogens with one attached hydrogen (secondary N) is 1. The van der Waals surface area contributed by atoms with Crippen LogP contribution in [0.1, 0.15) is 11.1 Å². The van der Waals surface area contributed by atoms with Crippen LogP contribution in [0.15, 0.2) is 42.0 Å². The third kappa shape index (κ3) is 4.92. The third-order valence-corrected chi connectivity index (χ3v) is 4.35. The fourth-order valence-corrected chi connectivity index (χ4v) is 2.96. The van der Waals surface area contributed by atoms with Crippen molar-refractivity contribution in [1.82, 2.24) is 5.32 Å². The minimum atomic E-state index is -2.95. The van der Waals surface area contributed by atoms with Crippen molar-refractivity contribution in [3.05, 3.63) is 58.1 Å². The maximum absolute atomic E-state index is 12.5. The lowest BCUT2D eigenvalue weighted by Crippen LogP contribution is -2.30. The van der Waals surface area contributed by atoms with Gasteiger partial charge in [0.15, 0.2) is 11.5 Å². The maximum atomic E-state index is 12.5. The first kappa shape index (κ1) is 19.9. The van der Waals surface area contributed by atoms with Gasteiger partial charge in [-0.05, 0) is 48.4 Å². The van der Waals surface area contributed by atoms with Gasteiger partial charge < -0.3 is 19.5 Å². The van der Waals surface area contributed by atoms with E-state index in [0.29, 0.717) is 29.3 Å². The van der Waals surface area contributed by atoms with Gasteiger partial charge in [0.25, 0.3) is 5.91 Å². The molecule has 0 saturated heterocycles. The number of rotatable bonds is 7. The van der Waals surface area contributed by atoms with Gasteiger partial charge in [0.1, 0.15) is 12.4 Å². The first-order valence-electron chi connectivity index (χ1n) is 8.49. The van der Waals surface area contributed by atoms with E-state index in [1.165, 1.54) is 13.2 Å². The molecule has 2 aromatic carbocycles. The lowest BCUT2D eigenvalue weighted by Gasteiger charge is -2.18. The Kier molecular flexibility index (Phi) is 6.36. The highest BCUT2D eigenvalue weighted by Gasteiger charge is 2.17. The minimum absolute atomic E-state index is 0.0433. The molecule has 1 aliphatic heterocycles. The number of benzene rings is 2. The number of fused-ring (bicyclic) bond motifs is 1. The quantitative estimate of drug-likeness (QED) is 0.748. The number of methoxy groups -OCH3 is 1. The molecule has 0 spiro atoms. The molecule has 0 aliphatic carbocycles. The number of ether oxygens (including phenoxy) is 3. The minimum Gasteiger partial charge on any atom is -0.493 e. The van der Waals surface area contributed by atoms with E-state index in [1.54, 1.807) is 36.4 Å². The highest BCUT2D eigenvalue weighted by molar-refractivity contribution is 6.30. The standard InChI is InChI=1S/C20H18ClF2NO4/c1-26-17-4-2-12(8-18(17)28-20(22)23)6-7-24-19(25)14-9-13-10-15(21)3-5-16(13)27-11-14/h2-5,8-10,20H,6-7,11H2,1H3,(H,24,25). The molecule has 1 N–H and O–H groups in total. The van der Waals surface area contributed by atoms with Crippen molar-refractivity contribution >= 4 is 23.6 Å². The average Bonchev–Trinajstić information content (AvgIpc) is 2.67. The van der Waals surface area contributed by atoms with E-state index >= 15 is 0 Å². The van der Waals surface area contributed by atoms with Crippen LogP contribution < -0.4 is 19.5 Å². The molecular formula is C20H18ClF2NO4. The molecule has 0 bridgehead atoms. The van der Waals surface area contributed by atoms with E-state index < -0.39 is 6.61 Å². The average molecular weight is 410 g/mol. The second-order valence-electron chi connectivity index (χ2n) is 6.01. The number of halogens is 3. The molecular weight excluding hydrogens is 392 g/mol. The Labute approximate surface area is 165 Å². The molecule has 5 nitrogen and oxygen atoms in total. The topological polar surface area (TPSA) is 56.8 Å². The van der Waals surface area contributed by atoms with Gasteiger partial charge in [0.05, 0.1) is 12.7 Å². The lowest BCUT2D eigenvalue weighted by atomic mass is 10.1. The zero-order valence-corrected chi connectivity index (χ0v) is 15.8. The fraction of sp³-hybridized carbons (Fsp3) is 0.250. The predicted octanol–water partition coefficient (Wildman–Crippen LogP) is 4.08. The van der Waals surface area contributed by atoms with Crippen LogP contribution in [-0.4, -0.2) is 32.8 Å². The van der Waals surface area contributed by atoms with Gasteiger partial charge in [-0.2, -0.15) is 8.78 Å². The first-order chi connectivity index (χ1) is 13.5. The zero-order chi connectivity index (χ0) is 20.1. The highest BCUT2D eigenvalue weighted by Crippen LogP contribution is 2.30. The van der Waals surface area contributed by atoms with Gasteiger partial charge in [-0.3, -0.25) is 4.79 Å². The molecule has 0 saturated carbocycles. The Hall–Kier alpha value is -2.80. The van der Waals surface area contributed by atoms with Crippen molar-refractivity contribution in [1.29, 1.82) is 0 Å². The van der Waals surface area contributed by atoms with E-state index in [1.807, 2.05) is 0 Å². The molecule has 2 aromatic rings. The summed E-state index contributed by atoms with van der Waals surface area (Å²) >= 11 is 5.97. The summed E-state index contributed by atoms with van der Waals surface area (Å²) in [5, 5.41) is 3.35. The van der Waals surface area contributed by atoms with Crippen LogP contribution >= 0.6 is 11.6 Å². The molecule has 0 aromatic heterocycles. The van der Waals surface area contributed by atoms with Crippen LogP contribution in [0.4, 0.5) is 8.78 Å². The molecule has 148 valence electrons. The van der Waals surface area contributed by atoms with Gasteiger partial charge in [-0.25, -0.2) is 0 Å². The highest BCUT2D eigenvalue weighted by atomic mass is 35.5. The number of hydrogen-bond donors (Lipinski definition) is 1. The maximum Gasteiger partial charge on any atom is 0.387 e. The van der Waals surface area contributed by atoms with Crippen LogP contribution in [0.3, 0.4) is 0 Å². The Morgan fingerprint density at radius 1 is 1.25 bits per heavy atom. The van der Waals surface area contributed by atoms with Gasteiger partial charge in [0.2, 0.25) is 0 Å².